The van der Waals surface area contributed by atoms with Crippen molar-refractivity contribution in [1.29, 1.82) is 0 Å². The van der Waals surface area contributed by atoms with Crippen LogP contribution in [0.2, 0.25) is 0 Å². The highest BCUT2D eigenvalue weighted by Gasteiger charge is 2.38. The molecule has 4 amide bonds. The Bertz CT molecular complexity index is 631. The second kappa shape index (κ2) is 6.91. The van der Waals surface area contributed by atoms with Crippen LogP contribution in [0.1, 0.15) is 18.5 Å². The lowest BCUT2D eigenvalue weighted by molar-refractivity contribution is -0.147. The van der Waals surface area contributed by atoms with Gasteiger partial charge in [-0.1, -0.05) is 30.3 Å². The highest BCUT2D eigenvalue weighted by Crippen LogP contribution is 2.22. The number of nitrogens with one attached hydrogen (secondary N) is 1. The normalized spacial score (nSPS) is 15.8. The Balaban J connectivity index is 2.32. The first-order valence-corrected chi connectivity index (χ1v) is 7.15. The van der Waals surface area contributed by atoms with E-state index in [1.165, 1.54) is 0 Å². The molecule has 0 spiro atoms. The van der Waals surface area contributed by atoms with Crippen LogP contribution in [0.25, 0.3) is 0 Å². The number of nitrogens with zero attached hydrogens (tertiary/aromatic N) is 2. The lowest BCUT2D eigenvalue weighted by Gasteiger charge is -2.34. The maximum atomic E-state index is 12.6. The molecule has 1 heterocycles. The third kappa shape index (κ3) is 3.31. The van der Waals surface area contributed by atoms with Crippen molar-refractivity contribution in [3.8, 4) is 0 Å². The van der Waals surface area contributed by atoms with Gasteiger partial charge in [0.1, 0.15) is 0 Å². The van der Waals surface area contributed by atoms with Crippen LogP contribution in [-0.2, 0) is 14.4 Å². The van der Waals surface area contributed by atoms with Crippen LogP contribution in [0.4, 0.5) is 4.79 Å². The summed E-state index contributed by atoms with van der Waals surface area (Å²) in [6.45, 7) is 1.86. The van der Waals surface area contributed by atoms with Crippen molar-refractivity contribution in [2.75, 3.05) is 19.6 Å². The number of piperazine rings is 1. The molecule has 1 aliphatic rings. The van der Waals surface area contributed by atoms with Crippen LogP contribution in [0.15, 0.2) is 30.3 Å². The zero-order valence-corrected chi connectivity index (χ0v) is 12.6. The Morgan fingerprint density at radius 3 is 2.52 bits per heavy atom. The summed E-state index contributed by atoms with van der Waals surface area (Å²) < 4.78 is 0. The Hall–Kier alpha value is -2.90. The van der Waals surface area contributed by atoms with Gasteiger partial charge in [-0.2, -0.15) is 0 Å². The first kappa shape index (κ1) is 16.5. The van der Waals surface area contributed by atoms with E-state index in [1.807, 2.05) is 0 Å². The third-order valence-corrected chi connectivity index (χ3v) is 3.54. The molecule has 1 aromatic carbocycles. The number of hydrogen-bond acceptors (Lipinski definition) is 4. The van der Waals surface area contributed by atoms with Crippen LogP contribution in [-0.4, -0.2) is 58.4 Å². The number of carbonyl (C=O) groups is 4. The predicted octanol–water partition coefficient (Wildman–Crippen LogP) is 0.213. The maximum Gasteiger partial charge on any atom is 0.331 e. The molecule has 0 radical (unpaired) electrons. The molecule has 0 aliphatic carbocycles. The van der Waals surface area contributed by atoms with Gasteiger partial charge in [-0.25, -0.2) is 9.59 Å². The van der Waals surface area contributed by atoms with Crippen molar-refractivity contribution in [3.05, 3.63) is 35.9 Å². The Morgan fingerprint density at radius 1 is 1.30 bits per heavy atom. The molecule has 0 unspecified atom stereocenters. The molecule has 2 N–H and O–H groups in total. The fraction of sp³-hybridized carbons (Fsp3) is 0.333. The van der Waals surface area contributed by atoms with E-state index in [2.05, 4.69) is 5.32 Å². The molecular weight excluding hydrogens is 302 g/mol. The minimum Gasteiger partial charge on any atom is -0.479 e. The molecular formula is C15H17N3O5. The number of carbonyl (C=O) groups excluding carboxylic acids is 3. The van der Waals surface area contributed by atoms with E-state index in [1.54, 1.807) is 37.3 Å². The highest BCUT2D eigenvalue weighted by atomic mass is 16.4. The van der Waals surface area contributed by atoms with Gasteiger partial charge in [0.2, 0.25) is 0 Å². The number of benzene rings is 1. The number of rotatable bonds is 4. The van der Waals surface area contributed by atoms with Gasteiger partial charge in [0.15, 0.2) is 6.04 Å². The number of urea groups is 1. The molecule has 1 aromatic rings. The molecule has 0 saturated carbocycles. The SMILES string of the molecule is CCN(C(=O)N1CCNC(=O)C1=O)[C@@H](C(=O)O)c1ccccc1. The molecule has 1 saturated heterocycles. The molecule has 8 nitrogen and oxygen atoms in total. The summed E-state index contributed by atoms with van der Waals surface area (Å²) in [5.41, 5.74) is 0.420. The topological polar surface area (TPSA) is 107 Å². The smallest absolute Gasteiger partial charge is 0.331 e. The van der Waals surface area contributed by atoms with E-state index < -0.39 is 29.9 Å². The Labute approximate surface area is 132 Å². The summed E-state index contributed by atoms with van der Waals surface area (Å²) in [7, 11) is 0. The standard InChI is InChI=1S/C15H17N3O5/c1-2-17(11(14(21)22)10-6-4-3-5-7-10)15(23)18-9-8-16-12(19)13(18)20/h3-7,11H,2,8-9H2,1H3,(H,16,19)(H,21,22)/t11-/m1/s1. The van der Waals surface area contributed by atoms with Gasteiger partial charge in [0.05, 0.1) is 0 Å². The lowest BCUT2D eigenvalue weighted by atomic mass is 10.1. The zero-order chi connectivity index (χ0) is 17.0. The van der Waals surface area contributed by atoms with Crippen molar-refractivity contribution in [3.63, 3.8) is 0 Å². The fourth-order valence-corrected chi connectivity index (χ4v) is 2.44. The second-order valence-electron chi connectivity index (χ2n) is 4.93. The third-order valence-electron chi connectivity index (χ3n) is 3.54. The number of likely N-dealkylation sites (N-methyl/N-ethyl adjacent to an activating group) is 1. The molecule has 1 fully saturated rings. The van der Waals surface area contributed by atoms with Crippen molar-refractivity contribution in [2.45, 2.75) is 13.0 Å². The summed E-state index contributed by atoms with van der Waals surface area (Å²) in [6.07, 6.45) is 0. The Kier molecular flexibility index (Phi) is 4.95. The number of amides is 4. The molecule has 23 heavy (non-hydrogen) atoms. The van der Waals surface area contributed by atoms with Gasteiger partial charge in [-0.3, -0.25) is 14.5 Å². The maximum absolute atomic E-state index is 12.6. The van der Waals surface area contributed by atoms with E-state index in [4.69, 9.17) is 0 Å². The summed E-state index contributed by atoms with van der Waals surface area (Å²) in [6, 6.07) is 6.25. The monoisotopic (exact) mass is 319 g/mol. The number of hydrogen-bond donors (Lipinski definition) is 2. The largest absolute Gasteiger partial charge is 0.479 e. The van der Waals surface area contributed by atoms with Crippen molar-refractivity contribution in [2.24, 2.45) is 0 Å². The lowest BCUT2D eigenvalue weighted by Crippen LogP contribution is -2.58. The van der Waals surface area contributed by atoms with Crippen LogP contribution < -0.4 is 5.32 Å². The van der Waals surface area contributed by atoms with Crippen LogP contribution in [0.5, 0.6) is 0 Å². The van der Waals surface area contributed by atoms with Crippen molar-refractivity contribution in [1.82, 2.24) is 15.1 Å². The van der Waals surface area contributed by atoms with Gasteiger partial charge in [0, 0.05) is 19.6 Å². The van der Waals surface area contributed by atoms with E-state index >= 15 is 0 Å². The Morgan fingerprint density at radius 2 is 1.96 bits per heavy atom. The molecule has 1 atom stereocenters. The minimum absolute atomic E-state index is 0.0149. The van der Waals surface area contributed by atoms with E-state index in [0.29, 0.717) is 5.56 Å². The fourth-order valence-electron chi connectivity index (χ4n) is 2.44. The molecule has 2 rings (SSSR count). The summed E-state index contributed by atoms with van der Waals surface area (Å²) >= 11 is 0. The van der Waals surface area contributed by atoms with Crippen molar-refractivity contribution < 1.29 is 24.3 Å². The molecule has 0 aromatic heterocycles. The average molecular weight is 319 g/mol. The number of imide groups is 1. The highest BCUT2D eigenvalue weighted by molar-refractivity contribution is 6.38. The van der Waals surface area contributed by atoms with Gasteiger partial charge >= 0.3 is 23.8 Å². The summed E-state index contributed by atoms with van der Waals surface area (Å²) in [5, 5.41) is 11.9. The van der Waals surface area contributed by atoms with Gasteiger partial charge < -0.3 is 15.3 Å². The first-order chi connectivity index (χ1) is 11.0. The van der Waals surface area contributed by atoms with Gasteiger partial charge in [-0.05, 0) is 12.5 Å². The van der Waals surface area contributed by atoms with Crippen LogP contribution in [0.3, 0.4) is 0 Å². The van der Waals surface area contributed by atoms with Gasteiger partial charge in [0.25, 0.3) is 0 Å². The number of carboxylic acids is 1. The molecule has 0 bridgehead atoms. The minimum atomic E-state index is -1.23. The van der Waals surface area contributed by atoms with Gasteiger partial charge in [-0.15, -0.1) is 0 Å². The average Bonchev–Trinajstić information content (AvgIpc) is 2.55. The second-order valence-corrected chi connectivity index (χ2v) is 4.93. The van der Waals surface area contributed by atoms with E-state index in [-0.39, 0.29) is 19.6 Å². The first-order valence-electron chi connectivity index (χ1n) is 7.15. The summed E-state index contributed by atoms with van der Waals surface area (Å²) in [5.74, 6) is -3.05. The van der Waals surface area contributed by atoms with Crippen LogP contribution >= 0.6 is 0 Å². The number of carboxylic acid groups (broad SMARTS) is 1. The van der Waals surface area contributed by atoms with E-state index in [9.17, 15) is 24.3 Å². The summed E-state index contributed by atoms with van der Waals surface area (Å²) in [4.78, 5) is 49.3. The molecule has 122 valence electrons. The van der Waals surface area contributed by atoms with Crippen LogP contribution in [0, 0.1) is 0 Å². The molecule has 8 heteroatoms. The van der Waals surface area contributed by atoms with E-state index in [0.717, 1.165) is 9.80 Å². The predicted molar refractivity (Wildman–Crippen MR) is 79.3 cm³/mol. The number of aliphatic carboxylic acids is 1. The molecule has 1 aliphatic heterocycles. The quantitative estimate of drug-likeness (QED) is 0.772. The zero-order valence-electron chi connectivity index (χ0n) is 12.6. The van der Waals surface area contributed by atoms with Crippen molar-refractivity contribution >= 4 is 23.8 Å².